The van der Waals surface area contributed by atoms with E-state index >= 15 is 0 Å². The van der Waals surface area contributed by atoms with Gasteiger partial charge in [-0.3, -0.25) is 4.79 Å². The van der Waals surface area contributed by atoms with Gasteiger partial charge in [0.25, 0.3) is 0 Å². The Morgan fingerprint density at radius 3 is 1.76 bits per heavy atom. The van der Waals surface area contributed by atoms with Crippen LogP contribution in [0.2, 0.25) is 0 Å². The molecule has 0 unspecified atom stereocenters. The third-order valence-corrected chi connectivity index (χ3v) is 8.09. The molecule has 2 aliphatic rings. The predicted octanol–water partition coefficient (Wildman–Crippen LogP) is -1.65. The average molecular weight is 691 g/mol. The zero-order valence-electron chi connectivity index (χ0n) is 26.7. The third kappa shape index (κ3) is 12.2. The molecule has 0 aliphatic carbocycles. The first kappa shape index (κ1) is 41.4. The number of hydrogen-bond acceptors (Lipinski definition) is 10. The molecule has 0 aromatic heterocycles. The number of carbonyl (C=O) groups excluding carboxylic acids is 3. The molecule has 2 saturated heterocycles. The maximum absolute atomic E-state index is 12.8. The van der Waals surface area contributed by atoms with E-state index in [-0.39, 0.29) is 49.2 Å². The number of halogens is 3. The normalized spacial score (nSPS) is 19.6. The number of nitrogens with zero attached hydrogens (tertiary/aromatic N) is 3. The number of ether oxygens (including phenoxy) is 2. The van der Waals surface area contributed by atoms with Crippen LogP contribution in [0.1, 0.15) is 47.1 Å². The van der Waals surface area contributed by atoms with E-state index in [2.05, 4.69) is 5.32 Å². The van der Waals surface area contributed by atoms with Gasteiger partial charge in [0.15, 0.2) is 0 Å². The predicted molar refractivity (Wildman–Crippen MR) is 149 cm³/mol. The summed E-state index contributed by atoms with van der Waals surface area (Å²) in [5.41, 5.74) is -2.42. The van der Waals surface area contributed by atoms with Gasteiger partial charge in [0.1, 0.15) is 17.2 Å². The van der Waals surface area contributed by atoms with Crippen LogP contribution >= 0.6 is 0 Å². The summed E-state index contributed by atoms with van der Waals surface area (Å²) in [5.74, 6) is -2.69. The summed E-state index contributed by atoms with van der Waals surface area (Å²) in [4.78, 5) is 48.1. The SMILES string of the molecule is CC(C)(C)OC(=O)N1CCN(S(=O)(=O)c2ccc(C(F)(F)F)cc2)[C@@H](C(=O)O)C1.CC(C)(C)OC(=O)N1CCN[C@@H](C(=O)[O-])C1.[Na+]. The van der Waals surface area contributed by atoms with Gasteiger partial charge in [0.2, 0.25) is 10.0 Å². The molecule has 2 amide bonds. The van der Waals surface area contributed by atoms with Crippen LogP contribution in [-0.2, 0) is 35.3 Å². The number of amides is 2. The molecule has 0 radical (unpaired) electrons. The molecule has 254 valence electrons. The monoisotopic (exact) mass is 690 g/mol. The van der Waals surface area contributed by atoms with Crippen molar-refractivity contribution < 1.29 is 90.0 Å². The number of carboxylic acids is 2. The van der Waals surface area contributed by atoms with Crippen molar-refractivity contribution in [2.24, 2.45) is 0 Å². The van der Waals surface area contributed by atoms with E-state index in [0.717, 1.165) is 17.0 Å². The van der Waals surface area contributed by atoms with Gasteiger partial charge in [-0.1, -0.05) is 0 Å². The summed E-state index contributed by atoms with van der Waals surface area (Å²) in [6, 6.07) is 0.346. The van der Waals surface area contributed by atoms with Crippen LogP contribution in [0.15, 0.2) is 29.2 Å². The van der Waals surface area contributed by atoms with Crippen molar-refractivity contribution in [1.82, 2.24) is 19.4 Å². The Morgan fingerprint density at radius 2 is 1.35 bits per heavy atom. The summed E-state index contributed by atoms with van der Waals surface area (Å²) < 4.78 is 74.7. The molecule has 46 heavy (non-hydrogen) atoms. The Balaban J connectivity index is 0.000000529. The minimum absolute atomic E-state index is 0. The summed E-state index contributed by atoms with van der Waals surface area (Å²) in [6.07, 6.45) is -5.90. The van der Waals surface area contributed by atoms with Gasteiger partial charge in [-0.15, -0.1) is 0 Å². The van der Waals surface area contributed by atoms with Gasteiger partial charge < -0.3 is 39.6 Å². The van der Waals surface area contributed by atoms with E-state index in [4.69, 9.17) is 9.47 Å². The van der Waals surface area contributed by atoms with Gasteiger partial charge in [-0.25, -0.2) is 18.0 Å². The van der Waals surface area contributed by atoms with Crippen molar-refractivity contribution in [1.29, 1.82) is 0 Å². The molecule has 0 bridgehead atoms. The van der Waals surface area contributed by atoms with Crippen LogP contribution in [0.5, 0.6) is 0 Å². The Hall–Kier alpha value is -2.64. The summed E-state index contributed by atoms with van der Waals surface area (Å²) >= 11 is 0. The molecule has 3 rings (SSSR count). The Bertz CT molecular complexity index is 1350. The summed E-state index contributed by atoms with van der Waals surface area (Å²) in [6.45, 7) is 10.2. The maximum Gasteiger partial charge on any atom is 1.00 e. The molecular formula is C27H38F3N4NaO10S. The largest absolute Gasteiger partial charge is 1.00 e. The molecule has 0 saturated carbocycles. The molecule has 2 fully saturated rings. The fourth-order valence-electron chi connectivity index (χ4n) is 4.10. The minimum atomic E-state index is -4.63. The topological polar surface area (TPSA) is 186 Å². The van der Waals surface area contributed by atoms with Crippen molar-refractivity contribution in [3.05, 3.63) is 29.8 Å². The first-order valence-corrected chi connectivity index (χ1v) is 15.2. The smallest absolute Gasteiger partial charge is 0.548 e. The molecule has 0 spiro atoms. The van der Waals surface area contributed by atoms with Crippen LogP contribution in [0.3, 0.4) is 0 Å². The molecule has 19 heteroatoms. The first-order valence-electron chi connectivity index (χ1n) is 13.7. The molecule has 1 aromatic carbocycles. The zero-order valence-corrected chi connectivity index (χ0v) is 29.5. The van der Waals surface area contributed by atoms with E-state index < -0.39 is 80.6 Å². The minimum Gasteiger partial charge on any atom is -0.548 e. The number of hydrogen-bond donors (Lipinski definition) is 2. The van der Waals surface area contributed by atoms with Crippen molar-refractivity contribution >= 4 is 34.1 Å². The van der Waals surface area contributed by atoms with E-state index in [0.29, 0.717) is 29.5 Å². The summed E-state index contributed by atoms with van der Waals surface area (Å²) in [7, 11) is -4.40. The van der Waals surface area contributed by atoms with Crippen LogP contribution in [-0.4, -0.2) is 114 Å². The first-order chi connectivity index (χ1) is 20.4. The van der Waals surface area contributed by atoms with Crippen LogP contribution in [0, 0.1) is 0 Å². The van der Waals surface area contributed by atoms with Gasteiger partial charge >= 0.3 is 53.9 Å². The molecule has 2 heterocycles. The molecule has 1 aromatic rings. The zero-order chi connectivity index (χ0) is 34.5. The number of carboxylic acid groups (broad SMARTS) is 2. The fraction of sp³-hybridized carbons (Fsp3) is 0.630. The number of rotatable bonds is 4. The van der Waals surface area contributed by atoms with Crippen LogP contribution in [0.4, 0.5) is 22.8 Å². The number of alkyl halides is 3. The number of aliphatic carboxylic acids is 2. The second-order valence-electron chi connectivity index (χ2n) is 12.2. The fourth-order valence-corrected chi connectivity index (χ4v) is 5.66. The molecule has 2 atom stereocenters. The number of nitrogens with one attached hydrogen (secondary N) is 1. The maximum atomic E-state index is 12.8. The van der Waals surface area contributed by atoms with E-state index in [1.54, 1.807) is 41.5 Å². The van der Waals surface area contributed by atoms with Gasteiger partial charge in [-0.05, 0) is 65.8 Å². The molecule has 2 aliphatic heterocycles. The van der Waals surface area contributed by atoms with Gasteiger partial charge in [0, 0.05) is 32.7 Å². The van der Waals surface area contributed by atoms with Crippen molar-refractivity contribution in [3.63, 3.8) is 0 Å². The summed E-state index contributed by atoms with van der Waals surface area (Å²) in [5, 5.41) is 22.9. The van der Waals surface area contributed by atoms with Gasteiger partial charge in [0.05, 0.1) is 29.0 Å². The van der Waals surface area contributed by atoms with Crippen LogP contribution in [0.25, 0.3) is 0 Å². The number of carbonyl (C=O) groups is 4. The quantitative estimate of drug-likeness (QED) is 0.345. The van der Waals surface area contributed by atoms with Crippen molar-refractivity contribution in [3.8, 4) is 0 Å². The Kier molecular flexibility index (Phi) is 14.4. The van der Waals surface area contributed by atoms with Gasteiger partial charge in [-0.2, -0.15) is 17.5 Å². The number of sulfonamides is 1. The second-order valence-corrected chi connectivity index (χ2v) is 14.1. The standard InChI is InChI=1S/C17H21F3N2O6S.C10H18N2O4.Na/c1-16(2,3)28-15(25)21-8-9-22(13(10-21)14(23)24)29(26,27)12-6-4-11(5-7-12)17(18,19)20;1-10(2,3)16-9(15)12-5-4-11-7(6-12)8(13)14;/h4-7,13H,8-10H2,1-3H3,(H,23,24);7,11H,4-6H2,1-3H3,(H,13,14);/q;;+1/p-1/t13-;7-;/m11./s1. The van der Waals surface area contributed by atoms with E-state index in [9.17, 15) is 51.0 Å². The Morgan fingerprint density at radius 1 is 0.870 bits per heavy atom. The molecule has 2 N–H and O–H groups in total. The molecule has 14 nitrogen and oxygen atoms in total. The van der Waals surface area contributed by atoms with Crippen LogP contribution < -0.4 is 40.0 Å². The number of piperazine rings is 2. The molecular weight excluding hydrogens is 652 g/mol. The Labute approximate surface area is 287 Å². The third-order valence-electron chi connectivity index (χ3n) is 6.17. The van der Waals surface area contributed by atoms with Crippen molar-refractivity contribution in [2.45, 2.75) is 75.9 Å². The van der Waals surface area contributed by atoms with E-state index in [1.807, 2.05) is 0 Å². The van der Waals surface area contributed by atoms with E-state index in [1.165, 1.54) is 4.90 Å². The number of benzene rings is 1. The average Bonchev–Trinajstić information content (AvgIpc) is 2.90. The second kappa shape index (κ2) is 16.0. The van der Waals surface area contributed by atoms with Crippen molar-refractivity contribution in [2.75, 3.05) is 39.3 Å².